The lowest BCUT2D eigenvalue weighted by molar-refractivity contribution is 0.521. The first-order chi connectivity index (χ1) is 14.5. The minimum absolute atomic E-state index is 0.102. The maximum absolute atomic E-state index is 15.9. The van der Waals surface area contributed by atoms with Gasteiger partial charge >= 0.3 is 0 Å². The molecule has 4 aromatic rings. The van der Waals surface area contributed by atoms with Gasteiger partial charge in [0, 0.05) is 17.1 Å². The molecule has 1 aliphatic rings. The van der Waals surface area contributed by atoms with Crippen molar-refractivity contribution in [1.82, 2.24) is 23.7 Å². The summed E-state index contributed by atoms with van der Waals surface area (Å²) in [6, 6.07) is 3.75. The molecule has 5 rings (SSSR count). The van der Waals surface area contributed by atoms with Gasteiger partial charge < -0.3 is 5.32 Å². The molecule has 0 saturated carbocycles. The Morgan fingerprint density at radius 1 is 1.16 bits per heavy atom. The summed E-state index contributed by atoms with van der Waals surface area (Å²) >= 11 is 0. The number of aromatic nitrogens is 5. The van der Waals surface area contributed by atoms with Gasteiger partial charge in [0.15, 0.2) is 11.6 Å². The Kier molecular flexibility index (Phi) is 3.86. The number of rotatable bonds is 2. The number of hydrogen-bond acceptors (Lipinski definition) is 6. The van der Waals surface area contributed by atoms with E-state index in [1.165, 1.54) is 18.5 Å². The fraction of sp³-hybridized carbons (Fsp3) is 0.250. The normalized spacial score (nSPS) is 14.9. The molecular weight excluding hydrogens is 426 g/mol. The fourth-order valence-electron chi connectivity index (χ4n) is 4.07. The largest absolute Gasteiger partial charge is 0.370 e. The van der Waals surface area contributed by atoms with Crippen molar-refractivity contribution in [2.24, 2.45) is 0 Å². The van der Waals surface area contributed by atoms with Crippen molar-refractivity contribution < 1.29 is 17.2 Å². The van der Waals surface area contributed by atoms with Crippen molar-refractivity contribution in [3.8, 4) is 16.9 Å². The van der Waals surface area contributed by atoms with Crippen molar-refractivity contribution in [3.63, 3.8) is 0 Å². The van der Waals surface area contributed by atoms with Gasteiger partial charge in [-0.05, 0) is 39.0 Å². The number of benzene rings is 1. The van der Waals surface area contributed by atoms with E-state index >= 15 is 4.39 Å². The number of halogens is 2. The molecular formula is C20H18F2N6O2S. The third kappa shape index (κ3) is 2.76. The van der Waals surface area contributed by atoms with Crippen LogP contribution in [0.3, 0.4) is 0 Å². The van der Waals surface area contributed by atoms with Crippen LogP contribution >= 0.6 is 0 Å². The quantitative estimate of drug-likeness (QED) is 0.510. The van der Waals surface area contributed by atoms with Crippen molar-refractivity contribution in [2.45, 2.75) is 26.3 Å². The molecule has 0 bridgehead atoms. The summed E-state index contributed by atoms with van der Waals surface area (Å²) in [5.74, 6) is -0.371. The van der Waals surface area contributed by atoms with Gasteiger partial charge in [-0.15, -0.1) is 10.2 Å². The van der Waals surface area contributed by atoms with Crippen LogP contribution in [0, 0.1) is 18.6 Å². The summed E-state index contributed by atoms with van der Waals surface area (Å²) in [6.45, 7) is 5.51. The Labute approximate surface area is 176 Å². The summed E-state index contributed by atoms with van der Waals surface area (Å²) in [4.78, 5) is 4.26. The van der Waals surface area contributed by atoms with E-state index < -0.39 is 27.2 Å². The highest BCUT2D eigenvalue weighted by atomic mass is 32.2. The predicted molar refractivity (Wildman–Crippen MR) is 112 cm³/mol. The molecule has 1 N–H and O–H groups in total. The second-order valence-corrected chi connectivity index (χ2v) is 9.96. The van der Waals surface area contributed by atoms with Crippen LogP contribution in [0.15, 0.2) is 30.6 Å². The van der Waals surface area contributed by atoms with Gasteiger partial charge in [0.05, 0.1) is 29.2 Å². The van der Waals surface area contributed by atoms with Crippen LogP contribution in [0.4, 0.5) is 14.5 Å². The van der Waals surface area contributed by atoms with Gasteiger partial charge in [-0.1, -0.05) is 0 Å². The molecule has 0 radical (unpaired) electrons. The zero-order chi connectivity index (χ0) is 22.3. The van der Waals surface area contributed by atoms with Crippen molar-refractivity contribution in [1.29, 1.82) is 0 Å². The zero-order valence-corrected chi connectivity index (χ0v) is 17.9. The number of fused-ring (bicyclic) bond motifs is 4. The third-order valence-corrected chi connectivity index (χ3v) is 6.43. The molecule has 0 saturated heterocycles. The highest BCUT2D eigenvalue weighted by molar-refractivity contribution is 7.89. The van der Waals surface area contributed by atoms with Crippen LogP contribution in [0.2, 0.25) is 0 Å². The Morgan fingerprint density at radius 2 is 1.90 bits per heavy atom. The standard InChI is InChI=1S/C20H18F2N6O2S/c1-10-25-26-19-20(2,3)24-14-9-23-17(16(22)18(14)28(10)19)13-7-11(21)8-15-12(13)5-6-27(15)31(4,29)30/h5-9,24H,1-4H3. The predicted octanol–water partition coefficient (Wildman–Crippen LogP) is 3.34. The molecule has 11 heteroatoms. The second kappa shape index (κ2) is 6.10. The van der Waals surface area contributed by atoms with Crippen LogP contribution in [0.1, 0.15) is 25.5 Å². The lowest BCUT2D eigenvalue weighted by atomic mass is 9.99. The number of anilines is 1. The highest BCUT2D eigenvalue weighted by Gasteiger charge is 2.37. The van der Waals surface area contributed by atoms with E-state index in [4.69, 9.17) is 0 Å². The summed E-state index contributed by atoms with van der Waals surface area (Å²) in [6.07, 6.45) is 3.80. The molecule has 160 valence electrons. The van der Waals surface area contributed by atoms with Crippen LogP contribution in [-0.4, -0.2) is 38.4 Å². The topological polar surface area (TPSA) is 94.7 Å². The SMILES string of the molecule is Cc1nnc2n1-c1c(cnc(-c3cc(F)cc4c3ccn4S(C)(=O)=O)c1F)NC2(C)C. The average Bonchev–Trinajstić information content (AvgIpc) is 3.25. The molecule has 0 aliphatic carbocycles. The first-order valence-electron chi connectivity index (χ1n) is 9.40. The molecule has 0 atom stereocenters. The number of pyridine rings is 1. The van der Waals surface area contributed by atoms with E-state index in [9.17, 15) is 12.8 Å². The Hall–Kier alpha value is -3.34. The van der Waals surface area contributed by atoms with E-state index in [1.54, 1.807) is 11.5 Å². The Balaban J connectivity index is 1.82. The average molecular weight is 444 g/mol. The number of aryl methyl sites for hydroxylation is 1. The van der Waals surface area contributed by atoms with E-state index in [0.29, 0.717) is 22.7 Å². The third-order valence-electron chi connectivity index (χ3n) is 5.40. The molecule has 8 nitrogen and oxygen atoms in total. The van der Waals surface area contributed by atoms with E-state index in [2.05, 4.69) is 20.5 Å². The van der Waals surface area contributed by atoms with Gasteiger partial charge in [0.2, 0.25) is 10.0 Å². The Morgan fingerprint density at radius 3 is 2.61 bits per heavy atom. The minimum atomic E-state index is -3.67. The molecule has 0 spiro atoms. The summed E-state index contributed by atoms with van der Waals surface area (Å²) < 4.78 is 57.0. The van der Waals surface area contributed by atoms with Crippen molar-refractivity contribution in [3.05, 3.63) is 53.9 Å². The molecule has 31 heavy (non-hydrogen) atoms. The maximum atomic E-state index is 15.9. The lowest BCUT2D eigenvalue weighted by Gasteiger charge is -2.33. The van der Waals surface area contributed by atoms with Gasteiger partial charge in [0.1, 0.15) is 23.0 Å². The molecule has 0 unspecified atom stereocenters. The highest BCUT2D eigenvalue weighted by Crippen LogP contribution is 2.41. The summed E-state index contributed by atoms with van der Waals surface area (Å²) in [5.41, 5.74) is 0.175. The zero-order valence-electron chi connectivity index (χ0n) is 17.1. The van der Waals surface area contributed by atoms with E-state index in [1.807, 2.05) is 13.8 Å². The van der Waals surface area contributed by atoms with Crippen LogP contribution in [-0.2, 0) is 15.6 Å². The number of hydrogen-bond donors (Lipinski definition) is 1. The smallest absolute Gasteiger partial charge is 0.236 e. The molecule has 1 aromatic carbocycles. The monoisotopic (exact) mass is 444 g/mol. The first kappa shape index (κ1) is 19.6. The van der Waals surface area contributed by atoms with Crippen LogP contribution < -0.4 is 5.32 Å². The van der Waals surface area contributed by atoms with E-state index in [-0.39, 0.29) is 22.5 Å². The maximum Gasteiger partial charge on any atom is 0.236 e. The summed E-state index contributed by atoms with van der Waals surface area (Å²) in [7, 11) is -3.67. The van der Waals surface area contributed by atoms with Gasteiger partial charge in [-0.2, -0.15) is 0 Å². The fourth-order valence-corrected chi connectivity index (χ4v) is 4.86. The first-order valence-corrected chi connectivity index (χ1v) is 11.2. The Bertz CT molecular complexity index is 1500. The van der Waals surface area contributed by atoms with E-state index in [0.717, 1.165) is 22.4 Å². The van der Waals surface area contributed by atoms with Gasteiger partial charge in [-0.3, -0.25) is 9.55 Å². The molecule has 1 aliphatic heterocycles. The molecule has 4 heterocycles. The van der Waals surface area contributed by atoms with Crippen LogP contribution in [0.5, 0.6) is 0 Å². The van der Waals surface area contributed by atoms with Crippen molar-refractivity contribution >= 4 is 26.6 Å². The second-order valence-electron chi connectivity index (χ2n) is 8.10. The summed E-state index contributed by atoms with van der Waals surface area (Å²) in [5, 5.41) is 11.8. The van der Waals surface area contributed by atoms with Crippen LogP contribution in [0.25, 0.3) is 27.8 Å². The molecule has 0 fully saturated rings. The lowest BCUT2D eigenvalue weighted by Crippen LogP contribution is -2.36. The molecule has 3 aromatic heterocycles. The van der Waals surface area contributed by atoms with Gasteiger partial charge in [-0.25, -0.2) is 21.2 Å². The number of nitrogens with one attached hydrogen (secondary N) is 1. The minimum Gasteiger partial charge on any atom is -0.370 e. The number of nitrogens with zero attached hydrogens (tertiary/aromatic N) is 5. The molecule has 0 amide bonds. The van der Waals surface area contributed by atoms with Gasteiger partial charge in [0.25, 0.3) is 0 Å². The van der Waals surface area contributed by atoms with Crippen molar-refractivity contribution in [2.75, 3.05) is 11.6 Å².